The molecule has 7 heteroatoms. The van der Waals surface area contributed by atoms with E-state index in [0.29, 0.717) is 12.8 Å². The fourth-order valence-corrected chi connectivity index (χ4v) is 2.93. The predicted molar refractivity (Wildman–Crippen MR) is 62.5 cm³/mol. The number of halogens is 2. The number of hydrogen-bond donors (Lipinski definition) is 2. The molecule has 102 valence electrons. The molecule has 18 heavy (non-hydrogen) atoms. The van der Waals surface area contributed by atoms with Crippen molar-refractivity contribution in [3.05, 3.63) is 29.8 Å². The summed E-state index contributed by atoms with van der Waals surface area (Å²) < 4.78 is 52.5. The molecule has 0 radical (unpaired) electrons. The Kier molecular flexibility index (Phi) is 5.18. The van der Waals surface area contributed by atoms with Gasteiger partial charge in [0.25, 0.3) is 0 Å². The first-order valence-corrected chi connectivity index (χ1v) is 6.94. The molecule has 0 aliphatic heterocycles. The molecule has 0 fully saturated rings. The normalized spacial score (nSPS) is 13.6. The molecule has 1 unspecified atom stereocenters. The molecule has 1 rings (SSSR count). The van der Waals surface area contributed by atoms with E-state index in [4.69, 9.17) is 5.11 Å². The second-order valence-electron chi connectivity index (χ2n) is 3.94. The maximum Gasteiger partial charge on any atom is 0.246 e. The van der Waals surface area contributed by atoms with Crippen molar-refractivity contribution >= 4 is 10.0 Å². The Morgan fingerprint density at radius 3 is 2.39 bits per heavy atom. The lowest BCUT2D eigenvalue weighted by atomic mass is 10.2. The second kappa shape index (κ2) is 6.21. The Balaban J connectivity index is 2.93. The summed E-state index contributed by atoms with van der Waals surface area (Å²) in [5.41, 5.74) is 0. The van der Waals surface area contributed by atoms with Crippen molar-refractivity contribution in [2.75, 3.05) is 6.61 Å². The van der Waals surface area contributed by atoms with E-state index < -0.39 is 32.6 Å². The highest BCUT2D eigenvalue weighted by molar-refractivity contribution is 7.89. The molecule has 0 heterocycles. The largest absolute Gasteiger partial charge is 0.396 e. The zero-order valence-corrected chi connectivity index (χ0v) is 10.7. The van der Waals surface area contributed by atoms with E-state index in [1.54, 1.807) is 6.92 Å². The van der Waals surface area contributed by atoms with Crippen LogP contribution >= 0.6 is 0 Å². The van der Waals surface area contributed by atoms with E-state index in [1.165, 1.54) is 0 Å². The third-order valence-electron chi connectivity index (χ3n) is 2.34. The van der Waals surface area contributed by atoms with E-state index in [-0.39, 0.29) is 6.61 Å². The van der Waals surface area contributed by atoms with E-state index in [1.807, 2.05) is 0 Å². The number of rotatable bonds is 6. The van der Waals surface area contributed by atoms with Crippen molar-refractivity contribution in [1.82, 2.24) is 4.72 Å². The van der Waals surface area contributed by atoms with Crippen molar-refractivity contribution in [2.45, 2.75) is 30.7 Å². The summed E-state index contributed by atoms with van der Waals surface area (Å²) in [4.78, 5) is -0.971. The summed E-state index contributed by atoms with van der Waals surface area (Å²) in [5.74, 6) is -2.26. The van der Waals surface area contributed by atoms with E-state index in [9.17, 15) is 17.2 Å². The van der Waals surface area contributed by atoms with Crippen LogP contribution in [-0.2, 0) is 10.0 Å². The van der Waals surface area contributed by atoms with Crippen molar-refractivity contribution in [3.63, 3.8) is 0 Å². The van der Waals surface area contributed by atoms with Crippen LogP contribution < -0.4 is 4.72 Å². The van der Waals surface area contributed by atoms with Gasteiger partial charge in [-0.2, -0.15) is 0 Å². The molecule has 0 bridgehead atoms. The minimum Gasteiger partial charge on any atom is -0.396 e. The van der Waals surface area contributed by atoms with Crippen LogP contribution in [0.1, 0.15) is 19.8 Å². The number of aliphatic hydroxyl groups excluding tert-OH is 1. The molecule has 0 aliphatic rings. The van der Waals surface area contributed by atoms with E-state index in [0.717, 1.165) is 18.2 Å². The van der Waals surface area contributed by atoms with Gasteiger partial charge in [-0.25, -0.2) is 21.9 Å². The lowest BCUT2D eigenvalue weighted by Crippen LogP contribution is -2.33. The van der Waals surface area contributed by atoms with Gasteiger partial charge in [-0.3, -0.25) is 0 Å². The minimum atomic E-state index is -4.23. The zero-order valence-electron chi connectivity index (χ0n) is 9.86. The standard InChI is InChI=1S/C11H15F2NO3S/c1-8(4-3-7-15)14-18(16,17)11-9(12)5-2-6-10(11)13/h2,5-6,8,14-15H,3-4,7H2,1H3. The van der Waals surface area contributed by atoms with Gasteiger partial charge >= 0.3 is 0 Å². The molecular formula is C11H15F2NO3S. The summed E-state index contributed by atoms with van der Waals surface area (Å²) in [6.07, 6.45) is 0.787. The highest BCUT2D eigenvalue weighted by Crippen LogP contribution is 2.18. The Bertz CT molecular complexity index is 485. The Morgan fingerprint density at radius 1 is 1.33 bits per heavy atom. The van der Waals surface area contributed by atoms with Crippen molar-refractivity contribution in [3.8, 4) is 0 Å². The van der Waals surface area contributed by atoms with Crippen LogP contribution in [-0.4, -0.2) is 26.2 Å². The van der Waals surface area contributed by atoms with Crippen molar-refractivity contribution < 1.29 is 22.3 Å². The van der Waals surface area contributed by atoms with Gasteiger partial charge in [0, 0.05) is 12.6 Å². The SMILES string of the molecule is CC(CCCO)NS(=O)(=O)c1c(F)cccc1F. The first-order chi connectivity index (χ1) is 8.38. The first-order valence-electron chi connectivity index (χ1n) is 5.45. The van der Waals surface area contributed by atoms with Crippen LogP contribution in [0.15, 0.2) is 23.1 Å². The molecule has 1 aromatic rings. The molecule has 0 saturated heterocycles. The number of sulfonamides is 1. The maximum absolute atomic E-state index is 13.3. The predicted octanol–water partition coefficient (Wildman–Crippen LogP) is 1.40. The monoisotopic (exact) mass is 279 g/mol. The van der Waals surface area contributed by atoms with Crippen LogP contribution in [0.3, 0.4) is 0 Å². The zero-order chi connectivity index (χ0) is 13.8. The van der Waals surface area contributed by atoms with Gasteiger partial charge < -0.3 is 5.11 Å². The molecule has 0 spiro atoms. The molecule has 2 N–H and O–H groups in total. The maximum atomic E-state index is 13.3. The topological polar surface area (TPSA) is 66.4 Å². The van der Waals surface area contributed by atoms with Gasteiger partial charge in [0.1, 0.15) is 11.6 Å². The summed E-state index contributed by atoms with van der Waals surface area (Å²) in [6, 6.07) is 2.35. The molecule has 0 aromatic heterocycles. The van der Waals surface area contributed by atoms with Gasteiger partial charge in [-0.15, -0.1) is 0 Å². The van der Waals surface area contributed by atoms with Gasteiger partial charge in [-0.05, 0) is 31.9 Å². The third-order valence-corrected chi connectivity index (χ3v) is 3.98. The highest BCUT2D eigenvalue weighted by atomic mass is 32.2. The van der Waals surface area contributed by atoms with Gasteiger partial charge in [0.05, 0.1) is 0 Å². The summed E-state index contributed by atoms with van der Waals surface area (Å²) in [6.45, 7) is 1.49. The second-order valence-corrected chi connectivity index (χ2v) is 5.59. The average molecular weight is 279 g/mol. The number of aliphatic hydroxyl groups is 1. The summed E-state index contributed by atoms with van der Waals surface area (Å²) in [5, 5.41) is 8.62. The Labute approximate surface area is 105 Å². The Morgan fingerprint density at radius 2 is 1.89 bits per heavy atom. The number of benzene rings is 1. The molecule has 1 aromatic carbocycles. The summed E-state index contributed by atoms with van der Waals surface area (Å²) in [7, 11) is -4.23. The molecular weight excluding hydrogens is 264 g/mol. The molecule has 0 amide bonds. The van der Waals surface area contributed by atoms with Gasteiger partial charge in [0.2, 0.25) is 10.0 Å². The van der Waals surface area contributed by atoms with Crippen molar-refractivity contribution in [2.24, 2.45) is 0 Å². The van der Waals surface area contributed by atoms with Gasteiger partial charge in [-0.1, -0.05) is 6.07 Å². The fraction of sp³-hybridized carbons (Fsp3) is 0.455. The Hall–Kier alpha value is -1.05. The van der Waals surface area contributed by atoms with Gasteiger partial charge in [0.15, 0.2) is 4.90 Å². The molecule has 1 atom stereocenters. The summed E-state index contributed by atoms with van der Waals surface area (Å²) >= 11 is 0. The average Bonchev–Trinajstić information content (AvgIpc) is 2.25. The fourth-order valence-electron chi connectivity index (χ4n) is 1.52. The van der Waals surface area contributed by atoms with E-state index in [2.05, 4.69) is 4.72 Å². The number of hydrogen-bond acceptors (Lipinski definition) is 3. The van der Waals surface area contributed by atoms with Crippen LogP contribution in [0.5, 0.6) is 0 Å². The molecule has 0 aliphatic carbocycles. The van der Waals surface area contributed by atoms with Crippen LogP contribution in [0.4, 0.5) is 8.78 Å². The first kappa shape index (κ1) is 15.0. The van der Waals surface area contributed by atoms with Crippen molar-refractivity contribution in [1.29, 1.82) is 0 Å². The quantitative estimate of drug-likeness (QED) is 0.827. The minimum absolute atomic E-state index is 0.0693. The lowest BCUT2D eigenvalue weighted by molar-refractivity contribution is 0.279. The molecule has 4 nitrogen and oxygen atoms in total. The molecule has 0 saturated carbocycles. The lowest BCUT2D eigenvalue weighted by Gasteiger charge is -2.14. The van der Waals surface area contributed by atoms with Crippen LogP contribution in [0.2, 0.25) is 0 Å². The highest BCUT2D eigenvalue weighted by Gasteiger charge is 2.25. The number of nitrogens with one attached hydrogen (secondary N) is 1. The van der Waals surface area contributed by atoms with Crippen LogP contribution in [0, 0.1) is 11.6 Å². The van der Waals surface area contributed by atoms with Crippen LogP contribution in [0.25, 0.3) is 0 Å². The third kappa shape index (κ3) is 3.72. The van der Waals surface area contributed by atoms with E-state index >= 15 is 0 Å². The smallest absolute Gasteiger partial charge is 0.246 e.